The van der Waals surface area contributed by atoms with E-state index in [4.69, 9.17) is 4.42 Å². The van der Waals surface area contributed by atoms with E-state index in [1.54, 1.807) is 6.07 Å². The highest BCUT2D eigenvalue weighted by Crippen LogP contribution is 2.27. The Morgan fingerprint density at radius 3 is 3.06 bits per heavy atom. The van der Waals surface area contributed by atoms with Crippen LogP contribution in [0.4, 0.5) is 0 Å². The van der Waals surface area contributed by atoms with Gasteiger partial charge in [-0.05, 0) is 18.2 Å². The van der Waals surface area contributed by atoms with E-state index in [0.717, 1.165) is 10.6 Å². The van der Waals surface area contributed by atoms with E-state index in [2.05, 4.69) is 22.6 Å². The molecule has 80 valence electrons. The normalized spacial score (nSPS) is 11.1. The third-order valence-electron chi connectivity index (χ3n) is 2.16. The first-order valence-corrected chi connectivity index (χ1v) is 5.83. The van der Waals surface area contributed by atoms with Crippen molar-refractivity contribution in [3.63, 3.8) is 0 Å². The molecule has 0 aliphatic rings. The number of hydrogen-bond acceptors (Lipinski definition) is 5. The maximum Gasteiger partial charge on any atom is 0.417 e. The number of rotatable bonds is 1. The zero-order chi connectivity index (χ0) is 11.1. The molecule has 0 aliphatic carbocycles. The molecule has 0 saturated carbocycles. The van der Waals surface area contributed by atoms with E-state index < -0.39 is 5.76 Å². The molecule has 3 rings (SSSR count). The summed E-state index contributed by atoms with van der Waals surface area (Å²) in [6.07, 6.45) is 0. The minimum absolute atomic E-state index is 0.443. The summed E-state index contributed by atoms with van der Waals surface area (Å²) in [5.41, 5.74) is 2.17. The van der Waals surface area contributed by atoms with Gasteiger partial charge in [0.15, 0.2) is 5.58 Å². The molecule has 0 fully saturated rings. The molecule has 1 N–H and O–H groups in total. The quantitative estimate of drug-likeness (QED) is 0.652. The molecule has 4 nitrogen and oxygen atoms in total. The number of benzene rings is 1. The van der Waals surface area contributed by atoms with Crippen LogP contribution in [0.15, 0.2) is 37.8 Å². The summed E-state index contributed by atoms with van der Waals surface area (Å²) in [5.74, 6) is -0.443. The molecule has 0 atom stereocenters. The lowest BCUT2D eigenvalue weighted by molar-refractivity contribution is 0.555. The zero-order valence-electron chi connectivity index (χ0n) is 7.93. The molecule has 6 heteroatoms. The molecule has 0 radical (unpaired) electrons. The fourth-order valence-corrected chi connectivity index (χ4v) is 2.49. The van der Waals surface area contributed by atoms with Gasteiger partial charge in [-0.2, -0.15) is 0 Å². The number of fused-ring (bicyclic) bond motifs is 1. The Morgan fingerprint density at radius 2 is 2.31 bits per heavy atom. The topological polar surface area (TPSA) is 58.9 Å². The van der Waals surface area contributed by atoms with Crippen LogP contribution in [0, 0.1) is 0 Å². The first-order chi connectivity index (χ1) is 7.72. The van der Waals surface area contributed by atoms with Gasteiger partial charge in [-0.15, -0.1) is 24.0 Å². The summed E-state index contributed by atoms with van der Waals surface area (Å²) < 4.78 is 4.92. The van der Waals surface area contributed by atoms with Gasteiger partial charge in [0.2, 0.25) is 0 Å². The van der Waals surface area contributed by atoms with E-state index in [-0.39, 0.29) is 0 Å². The smallest absolute Gasteiger partial charge is 0.408 e. The van der Waals surface area contributed by atoms with Crippen molar-refractivity contribution < 1.29 is 4.42 Å². The lowest BCUT2D eigenvalue weighted by Crippen LogP contribution is -1.92. The molecule has 3 aromatic rings. The summed E-state index contributed by atoms with van der Waals surface area (Å²) >= 11 is 5.66. The van der Waals surface area contributed by atoms with Crippen molar-refractivity contribution in [1.82, 2.24) is 9.97 Å². The van der Waals surface area contributed by atoms with E-state index in [9.17, 15) is 4.79 Å². The Kier molecular flexibility index (Phi) is 2.12. The number of thiazole rings is 1. The third-order valence-corrected chi connectivity index (χ3v) is 3.45. The van der Waals surface area contributed by atoms with E-state index in [0.29, 0.717) is 16.1 Å². The molecule has 0 amide bonds. The zero-order valence-corrected chi connectivity index (χ0v) is 9.64. The summed E-state index contributed by atoms with van der Waals surface area (Å²) in [4.78, 5) is 17.9. The summed E-state index contributed by atoms with van der Waals surface area (Å²) in [7, 11) is 0. The summed E-state index contributed by atoms with van der Waals surface area (Å²) in [6.45, 7) is 0. The number of oxazole rings is 1. The lowest BCUT2D eigenvalue weighted by Gasteiger charge is -1.94. The van der Waals surface area contributed by atoms with Crippen LogP contribution in [0.2, 0.25) is 0 Å². The standard InChI is InChI=1S/C10H6N2O2S2/c13-10-11-6-3-5(1-2-7(6)14-10)9-12-8(15)4-16-9/h1-4,15H,(H,11,13). The van der Waals surface area contributed by atoms with Gasteiger partial charge >= 0.3 is 5.76 Å². The minimum atomic E-state index is -0.443. The largest absolute Gasteiger partial charge is 0.417 e. The van der Waals surface area contributed by atoms with Gasteiger partial charge in [0.05, 0.1) is 5.52 Å². The third kappa shape index (κ3) is 1.56. The molecular weight excluding hydrogens is 244 g/mol. The lowest BCUT2D eigenvalue weighted by atomic mass is 10.2. The van der Waals surface area contributed by atoms with Crippen LogP contribution in [0.1, 0.15) is 0 Å². The minimum Gasteiger partial charge on any atom is -0.408 e. The highest BCUT2D eigenvalue weighted by molar-refractivity contribution is 7.80. The molecule has 0 bridgehead atoms. The monoisotopic (exact) mass is 250 g/mol. The second-order valence-corrected chi connectivity index (χ2v) is 4.55. The number of aromatic nitrogens is 2. The Hall–Kier alpha value is -1.53. The molecule has 2 heterocycles. The Bertz CT molecular complexity index is 711. The highest BCUT2D eigenvalue weighted by atomic mass is 32.1. The molecule has 16 heavy (non-hydrogen) atoms. The van der Waals surface area contributed by atoms with Crippen LogP contribution in [0.3, 0.4) is 0 Å². The number of nitrogens with zero attached hydrogens (tertiary/aromatic N) is 1. The number of H-pyrrole nitrogens is 1. The van der Waals surface area contributed by atoms with Crippen molar-refractivity contribution in [1.29, 1.82) is 0 Å². The molecule has 0 spiro atoms. The maximum absolute atomic E-state index is 11.0. The molecule has 0 aliphatic heterocycles. The molecular formula is C10H6N2O2S2. The van der Waals surface area contributed by atoms with Crippen molar-refractivity contribution >= 4 is 35.1 Å². The Balaban J connectivity index is 2.21. The number of nitrogens with one attached hydrogen (secondary N) is 1. The fraction of sp³-hybridized carbons (Fsp3) is 0. The van der Waals surface area contributed by atoms with Crippen LogP contribution in [0.25, 0.3) is 21.7 Å². The Morgan fingerprint density at radius 1 is 1.44 bits per heavy atom. The second-order valence-electron chi connectivity index (χ2n) is 3.24. The van der Waals surface area contributed by atoms with Gasteiger partial charge in [0.25, 0.3) is 0 Å². The van der Waals surface area contributed by atoms with E-state index in [1.165, 1.54) is 11.3 Å². The van der Waals surface area contributed by atoms with Gasteiger partial charge in [0.1, 0.15) is 10.0 Å². The number of aromatic amines is 1. The van der Waals surface area contributed by atoms with E-state index >= 15 is 0 Å². The van der Waals surface area contributed by atoms with Crippen molar-refractivity contribution in [3.8, 4) is 10.6 Å². The number of thiol groups is 1. The molecule has 2 aromatic heterocycles. The van der Waals surface area contributed by atoms with Crippen LogP contribution in [0.5, 0.6) is 0 Å². The SMILES string of the molecule is O=c1[nH]c2cc(-c3nc(S)cs3)ccc2o1. The van der Waals surface area contributed by atoms with Crippen LogP contribution < -0.4 is 5.76 Å². The number of hydrogen-bond donors (Lipinski definition) is 2. The van der Waals surface area contributed by atoms with Crippen molar-refractivity contribution in [2.45, 2.75) is 5.03 Å². The van der Waals surface area contributed by atoms with Gasteiger partial charge in [-0.1, -0.05) is 0 Å². The van der Waals surface area contributed by atoms with Crippen LogP contribution >= 0.6 is 24.0 Å². The Labute approximate surface area is 99.4 Å². The average Bonchev–Trinajstić information content (AvgIpc) is 2.81. The molecule has 0 saturated heterocycles. The highest BCUT2D eigenvalue weighted by Gasteiger charge is 2.06. The average molecular weight is 250 g/mol. The van der Waals surface area contributed by atoms with Gasteiger partial charge in [0, 0.05) is 10.9 Å². The molecule has 1 aromatic carbocycles. The van der Waals surface area contributed by atoms with Crippen LogP contribution in [-0.4, -0.2) is 9.97 Å². The fourth-order valence-electron chi connectivity index (χ4n) is 1.48. The first-order valence-electron chi connectivity index (χ1n) is 4.50. The molecule has 0 unspecified atom stereocenters. The predicted octanol–water partition coefficient (Wildman–Crippen LogP) is 2.53. The van der Waals surface area contributed by atoms with Crippen LogP contribution in [-0.2, 0) is 0 Å². The van der Waals surface area contributed by atoms with Gasteiger partial charge < -0.3 is 4.42 Å². The van der Waals surface area contributed by atoms with Gasteiger partial charge in [-0.3, -0.25) is 4.98 Å². The van der Waals surface area contributed by atoms with Crippen molar-refractivity contribution in [2.75, 3.05) is 0 Å². The second kappa shape index (κ2) is 3.50. The predicted molar refractivity (Wildman–Crippen MR) is 65.2 cm³/mol. The van der Waals surface area contributed by atoms with E-state index in [1.807, 2.05) is 17.5 Å². The summed E-state index contributed by atoms with van der Waals surface area (Å²) in [5, 5.41) is 3.43. The van der Waals surface area contributed by atoms with Crippen molar-refractivity contribution in [2.24, 2.45) is 0 Å². The maximum atomic E-state index is 11.0. The van der Waals surface area contributed by atoms with Gasteiger partial charge in [-0.25, -0.2) is 9.78 Å². The van der Waals surface area contributed by atoms with Crippen molar-refractivity contribution in [3.05, 3.63) is 34.1 Å². The summed E-state index contributed by atoms with van der Waals surface area (Å²) in [6, 6.07) is 5.46. The first kappa shape index (κ1) is 9.68.